The third-order valence-corrected chi connectivity index (χ3v) is 4.61. The summed E-state index contributed by atoms with van der Waals surface area (Å²) in [5.74, 6) is 0. The third-order valence-electron chi connectivity index (χ3n) is 4.61. The van der Waals surface area contributed by atoms with Crippen LogP contribution in [0.2, 0.25) is 0 Å². The van der Waals surface area contributed by atoms with Crippen molar-refractivity contribution in [2.24, 2.45) is 0 Å². The average Bonchev–Trinajstić information content (AvgIpc) is 2.44. The average molecular weight is 279 g/mol. The third kappa shape index (κ3) is 4.75. The minimum absolute atomic E-state index is 0.282. The monoisotopic (exact) mass is 279 g/mol. The second-order valence-corrected chi connectivity index (χ2v) is 6.51. The fourth-order valence-electron chi connectivity index (χ4n) is 3.58. The largest absolute Gasteiger partial charge is 0.300 e. The van der Waals surface area contributed by atoms with E-state index in [0.29, 0.717) is 12.1 Å². The Morgan fingerprint density at radius 3 is 2.65 bits per heavy atom. The molecule has 1 saturated carbocycles. The molecule has 0 aromatic rings. The number of hydrogen-bond acceptors (Lipinski definition) is 3. The van der Waals surface area contributed by atoms with Crippen molar-refractivity contribution in [2.75, 3.05) is 13.1 Å². The van der Waals surface area contributed by atoms with E-state index in [1.165, 1.54) is 38.6 Å². The van der Waals surface area contributed by atoms with Crippen molar-refractivity contribution in [3.63, 3.8) is 0 Å². The Kier molecular flexibility index (Phi) is 7.55. The summed E-state index contributed by atoms with van der Waals surface area (Å²) in [7, 11) is 0. The highest BCUT2D eigenvalue weighted by molar-refractivity contribution is 5.11. The zero-order valence-electron chi connectivity index (χ0n) is 13.9. The van der Waals surface area contributed by atoms with Gasteiger partial charge in [-0.2, -0.15) is 5.26 Å². The summed E-state index contributed by atoms with van der Waals surface area (Å²) in [5, 5.41) is 13.0. The van der Waals surface area contributed by atoms with Crippen LogP contribution in [0.1, 0.15) is 72.6 Å². The smallest absolute Gasteiger partial charge is 0.108 e. The molecule has 0 bridgehead atoms. The van der Waals surface area contributed by atoms with Crippen LogP contribution in [0, 0.1) is 11.3 Å². The first-order valence-corrected chi connectivity index (χ1v) is 8.50. The first-order chi connectivity index (χ1) is 9.58. The van der Waals surface area contributed by atoms with E-state index in [9.17, 15) is 5.26 Å². The molecule has 1 rings (SSSR count). The van der Waals surface area contributed by atoms with Crippen LogP contribution in [0.15, 0.2) is 0 Å². The van der Waals surface area contributed by atoms with E-state index >= 15 is 0 Å². The van der Waals surface area contributed by atoms with Crippen molar-refractivity contribution < 1.29 is 0 Å². The molecule has 1 aliphatic carbocycles. The second kappa shape index (κ2) is 8.64. The summed E-state index contributed by atoms with van der Waals surface area (Å²) in [5.41, 5.74) is -0.282. The predicted molar refractivity (Wildman–Crippen MR) is 85.6 cm³/mol. The Labute approximate surface area is 125 Å². The molecule has 0 amide bonds. The molecule has 0 radical (unpaired) electrons. The van der Waals surface area contributed by atoms with Gasteiger partial charge in [0, 0.05) is 12.1 Å². The molecule has 0 saturated heterocycles. The van der Waals surface area contributed by atoms with Gasteiger partial charge >= 0.3 is 0 Å². The van der Waals surface area contributed by atoms with E-state index in [1.54, 1.807) is 0 Å². The summed E-state index contributed by atoms with van der Waals surface area (Å²) >= 11 is 0. The summed E-state index contributed by atoms with van der Waals surface area (Å²) in [6, 6.07) is 3.72. The van der Waals surface area contributed by atoms with Gasteiger partial charge in [-0.25, -0.2) is 0 Å². The van der Waals surface area contributed by atoms with Crippen molar-refractivity contribution in [1.82, 2.24) is 10.2 Å². The molecule has 2 atom stereocenters. The summed E-state index contributed by atoms with van der Waals surface area (Å²) in [6.07, 6.45) is 8.28. The van der Waals surface area contributed by atoms with Crippen LogP contribution in [0.3, 0.4) is 0 Å². The van der Waals surface area contributed by atoms with Crippen LogP contribution < -0.4 is 5.32 Å². The van der Waals surface area contributed by atoms with E-state index in [1.807, 2.05) is 0 Å². The predicted octanol–water partition coefficient (Wildman–Crippen LogP) is 3.70. The van der Waals surface area contributed by atoms with E-state index in [2.05, 4.69) is 44.0 Å². The maximum absolute atomic E-state index is 9.59. The fourth-order valence-corrected chi connectivity index (χ4v) is 3.58. The van der Waals surface area contributed by atoms with Crippen molar-refractivity contribution in [3.8, 4) is 6.07 Å². The molecule has 0 spiro atoms. The van der Waals surface area contributed by atoms with Crippen molar-refractivity contribution in [2.45, 2.75) is 90.3 Å². The standard InChI is InChI=1S/C17H33N3/c1-5-7-8-12-20(15(3)4)16-10-9-11-17(13-16,14-18)19-6-2/h15-16,19H,5-13H2,1-4H3. The summed E-state index contributed by atoms with van der Waals surface area (Å²) in [4.78, 5) is 2.64. The van der Waals surface area contributed by atoms with Gasteiger partial charge in [0.25, 0.3) is 0 Å². The van der Waals surface area contributed by atoms with E-state index in [-0.39, 0.29) is 5.54 Å². The molecule has 20 heavy (non-hydrogen) atoms. The van der Waals surface area contributed by atoms with Gasteiger partial charge in [0.15, 0.2) is 0 Å². The summed E-state index contributed by atoms with van der Waals surface area (Å²) < 4.78 is 0. The van der Waals surface area contributed by atoms with Gasteiger partial charge in [0.1, 0.15) is 5.54 Å². The molecule has 116 valence electrons. The normalized spacial score (nSPS) is 26.9. The highest BCUT2D eigenvalue weighted by Gasteiger charge is 2.38. The minimum Gasteiger partial charge on any atom is -0.300 e. The molecule has 0 heterocycles. The molecule has 0 aliphatic heterocycles. The lowest BCUT2D eigenvalue weighted by Gasteiger charge is -2.43. The van der Waals surface area contributed by atoms with Gasteiger partial charge in [-0.05, 0) is 59.0 Å². The number of unbranched alkanes of at least 4 members (excludes halogenated alkanes) is 2. The van der Waals surface area contributed by atoms with Crippen LogP contribution in [-0.4, -0.2) is 35.6 Å². The lowest BCUT2D eigenvalue weighted by molar-refractivity contribution is 0.0907. The van der Waals surface area contributed by atoms with Crippen LogP contribution in [0.25, 0.3) is 0 Å². The van der Waals surface area contributed by atoms with Gasteiger partial charge in [0.05, 0.1) is 6.07 Å². The Balaban J connectivity index is 2.68. The quantitative estimate of drug-likeness (QED) is 0.689. The number of hydrogen-bond donors (Lipinski definition) is 1. The topological polar surface area (TPSA) is 39.1 Å². The summed E-state index contributed by atoms with van der Waals surface area (Å²) in [6.45, 7) is 11.0. The molecule has 2 unspecified atom stereocenters. The van der Waals surface area contributed by atoms with Crippen LogP contribution in [0.4, 0.5) is 0 Å². The molecule has 0 aromatic carbocycles. The van der Waals surface area contributed by atoms with Gasteiger partial charge in [-0.15, -0.1) is 0 Å². The Morgan fingerprint density at radius 2 is 2.10 bits per heavy atom. The number of nitrogens with zero attached hydrogens (tertiary/aromatic N) is 2. The molecular weight excluding hydrogens is 246 g/mol. The molecule has 0 aromatic heterocycles. The molecule has 3 nitrogen and oxygen atoms in total. The Hall–Kier alpha value is -0.590. The second-order valence-electron chi connectivity index (χ2n) is 6.51. The molecule has 3 heteroatoms. The van der Waals surface area contributed by atoms with Gasteiger partial charge in [-0.3, -0.25) is 10.2 Å². The van der Waals surface area contributed by atoms with Gasteiger partial charge < -0.3 is 0 Å². The van der Waals surface area contributed by atoms with Crippen molar-refractivity contribution >= 4 is 0 Å². The van der Waals surface area contributed by atoms with Crippen molar-refractivity contribution in [1.29, 1.82) is 5.26 Å². The Morgan fingerprint density at radius 1 is 1.35 bits per heavy atom. The van der Waals surface area contributed by atoms with E-state index < -0.39 is 0 Å². The van der Waals surface area contributed by atoms with E-state index in [0.717, 1.165) is 19.4 Å². The lowest BCUT2D eigenvalue weighted by Crippen LogP contribution is -2.54. The first kappa shape index (κ1) is 17.5. The molecule has 1 N–H and O–H groups in total. The zero-order valence-corrected chi connectivity index (χ0v) is 13.9. The van der Waals surface area contributed by atoms with Crippen LogP contribution >= 0.6 is 0 Å². The Bertz CT molecular complexity index is 304. The SMILES string of the molecule is CCCCCN(C(C)C)C1CCCC(C#N)(NCC)C1. The number of nitrogens with one attached hydrogen (secondary N) is 1. The maximum Gasteiger partial charge on any atom is 0.108 e. The van der Waals surface area contributed by atoms with Gasteiger partial charge in [0.2, 0.25) is 0 Å². The molecule has 1 fully saturated rings. The van der Waals surface area contributed by atoms with Crippen LogP contribution in [-0.2, 0) is 0 Å². The highest BCUT2D eigenvalue weighted by atomic mass is 15.2. The van der Waals surface area contributed by atoms with E-state index in [4.69, 9.17) is 0 Å². The first-order valence-electron chi connectivity index (χ1n) is 8.50. The number of rotatable bonds is 8. The maximum atomic E-state index is 9.59. The number of nitriles is 1. The molecule has 1 aliphatic rings. The van der Waals surface area contributed by atoms with Gasteiger partial charge in [-0.1, -0.05) is 26.7 Å². The highest BCUT2D eigenvalue weighted by Crippen LogP contribution is 2.32. The minimum atomic E-state index is -0.282. The van der Waals surface area contributed by atoms with Crippen molar-refractivity contribution in [3.05, 3.63) is 0 Å². The lowest BCUT2D eigenvalue weighted by atomic mass is 9.79. The fraction of sp³-hybridized carbons (Fsp3) is 0.941. The van der Waals surface area contributed by atoms with Crippen LogP contribution in [0.5, 0.6) is 0 Å². The molecular formula is C17H33N3. The zero-order chi connectivity index (χ0) is 15.0.